The number of hydrogen-bond acceptors (Lipinski definition) is 2. The van der Waals surface area contributed by atoms with Gasteiger partial charge in [0, 0.05) is 6.61 Å². The van der Waals surface area contributed by atoms with Gasteiger partial charge in [0.05, 0.1) is 0 Å². The molecule has 0 amide bonds. The van der Waals surface area contributed by atoms with E-state index in [2.05, 4.69) is 20.4 Å². The van der Waals surface area contributed by atoms with Gasteiger partial charge in [0.25, 0.3) is 0 Å². The van der Waals surface area contributed by atoms with Gasteiger partial charge in [0.1, 0.15) is 6.61 Å². The number of rotatable bonds is 5. The number of aliphatic carboxylic acids is 1. The molecule has 1 fully saturated rings. The molecule has 1 aliphatic rings. The molecule has 1 atom stereocenters. The van der Waals surface area contributed by atoms with Crippen LogP contribution in [0.5, 0.6) is 0 Å². The lowest BCUT2D eigenvalue weighted by Crippen LogP contribution is -2.25. The lowest BCUT2D eigenvalue weighted by atomic mass is 9.69. The van der Waals surface area contributed by atoms with Gasteiger partial charge in [-0.1, -0.05) is 26.0 Å². The van der Waals surface area contributed by atoms with E-state index in [1.807, 2.05) is 0 Å². The molecule has 1 saturated carbocycles. The van der Waals surface area contributed by atoms with Crippen LogP contribution in [0, 0.1) is 11.3 Å². The average Bonchev–Trinajstić information content (AvgIpc) is 2.08. The molecule has 1 aliphatic carbocycles. The molecule has 0 aromatic carbocycles. The number of hydrogen-bond donors (Lipinski definition) is 1. The zero-order valence-corrected chi connectivity index (χ0v) is 10.3. The molecule has 16 heavy (non-hydrogen) atoms. The smallest absolute Gasteiger partial charge is 0.329 e. The zero-order valence-electron chi connectivity index (χ0n) is 10.3. The summed E-state index contributed by atoms with van der Waals surface area (Å²) in [5.41, 5.74) is 1.66. The normalized spacial score (nSPS) is 24.4. The van der Waals surface area contributed by atoms with Crippen molar-refractivity contribution < 1.29 is 14.6 Å². The number of carbonyl (C=O) groups is 1. The van der Waals surface area contributed by atoms with Crippen LogP contribution in [0.1, 0.15) is 39.5 Å². The Bertz CT molecular complexity index is 268. The van der Waals surface area contributed by atoms with E-state index in [9.17, 15) is 4.79 Å². The van der Waals surface area contributed by atoms with Gasteiger partial charge in [-0.05, 0) is 37.0 Å². The van der Waals surface area contributed by atoms with Crippen molar-refractivity contribution in [3.8, 4) is 0 Å². The van der Waals surface area contributed by atoms with Gasteiger partial charge < -0.3 is 9.84 Å². The number of allylic oxidation sites excluding steroid dienone is 1. The lowest BCUT2D eigenvalue weighted by Gasteiger charge is -2.36. The minimum absolute atomic E-state index is 0.183. The van der Waals surface area contributed by atoms with Crippen LogP contribution in [0.2, 0.25) is 0 Å². The molecule has 0 spiro atoms. The first-order chi connectivity index (χ1) is 7.39. The van der Waals surface area contributed by atoms with E-state index in [1.54, 1.807) is 0 Å². The maximum Gasteiger partial charge on any atom is 0.329 e. The summed E-state index contributed by atoms with van der Waals surface area (Å²) in [5.74, 6) is -0.293. The van der Waals surface area contributed by atoms with Gasteiger partial charge in [-0.3, -0.25) is 0 Å². The van der Waals surface area contributed by atoms with Crippen molar-refractivity contribution in [1.82, 2.24) is 0 Å². The molecule has 0 aromatic heterocycles. The van der Waals surface area contributed by atoms with Crippen molar-refractivity contribution in [3.05, 3.63) is 12.2 Å². The van der Waals surface area contributed by atoms with Crippen molar-refractivity contribution in [3.63, 3.8) is 0 Å². The van der Waals surface area contributed by atoms with Crippen LogP contribution >= 0.6 is 0 Å². The Hall–Kier alpha value is -0.830. The SMILES string of the molecule is C=C1CC(CCOCC(=O)O)CC(C)(C)C1. The number of carboxylic acid groups (broad SMARTS) is 1. The van der Waals surface area contributed by atoms with Crippen LogP contribution in [-0.4, -0.2) is 24.3 Å². The fourth-order valence-electron chi connectivity index (χ4n) is 2.70. The van der Waals surface area contributed by atoms with E-state index < -0.39 is 5.97 Å². The van der Waals surface area contributed by atoms with E-state index in [4.69, 9.17) is 9.84 Å². The minimum atomic E-state index is -0.895. The van der Waals surface area contributed by atoms with Gasteiger partial charge in [0.15, 0.2) is 0 Å². The topological polar surface area (TPSA) is 46.5 Å². The predicted molar refractivity (Wildman–Crippen MR) is 63.3 cm³/mol. The molecule has 1 unspecified atom stereocenters. The Morgan fingerprint density at radius 1 is 1.62 bits per heavy atom. The van der Waals surface area contributed by atoms with Crippen molar-refractivity contribution >= 4 is 5.97 Å². The third-order valence-electron chi connectivity index (χ3n) is 3.04. The number of carboxylic acids is 1. The molecular formula is C13H22O3. The van der Waals surface area contributed by atoms with Crippen molar-refractivity contribution in [2.24, 2.45) is 11.3 Å². The minimum Gasteiger partial charge on any atom is -0.480 e. The predicted octanol–water partition coefficient (Wildman–Crippen LogP) is 2.86. The highest BCUT2D eigenvalue weighted by molar-refractivity contribution is 5.67. The molecule has 92 valence electrons. The maximum atomic E-state index is 10.3. The third kappa shape index (κ3) is 4.79. The number of ether oxygens (including phenoxy) is 1. The van der Waals surface area contributed by atoms with Crippen LogP contribution in [0.15, 0.2) is 12.2 Å². The fraction of sp³-hybridized carbons (Fsp3) is 0.769. The largest absolute Gasteiger partial charge is 0.480 e. The Balaban J connectivity index is 2.26. The van der Waals surface area contributed by atoms with Gasteiger partial charge in [0.2, 0.25) is 0 Å². The molecule has 1 rings (SSSR count). The van der Waals surface area contributed by atoms with E-state index in [0.717, 1.165) is 19.3 Å². The first kappa shape index (κ1) is 13.2. The van der Waals surface area contributed by atoms with E-state index in [-0.39, 0.29) is 6.61 Å². The molecule has 0 aliphatic heterocycles. The monoisotopic (exact) mass is 226 g/mol. The van der Waals surface area contributed by atoms with Gasteiger partial charge in [-0.15, -0.1) is 0 Å². The molecule has 3 heteroatoms. The van der Waals surface area contributed by atoms with Crippen LogP contribution in [0.3, 0.4) is 0 Å². The molecule has 1 N–H and O–H groups in total. The van der Waals surface area contributed by atoms with Crippen molar-refractivity contribution in [1.29, 1.82) is 0 Å². The summed E-state index contributed by atoms with van der Waals surface area (Å²) < 4.78 is 5.07. The third-order valence-corrected chi connectivity index (χ3v) is 3.04. The van der Waals surface area contributed by atoms with E-state index in [1.165, 1.54) is 12.0 Å². The van der Waals surface area contributed by atoms with E-state index in [0.29, 0.717) is 17.9 Å². The summed E-state index contributed by atoms with van der Waals surface area (Å²) in [5, 5.41) is 8.44. The quantitative estimate of drug-likeness (QED) is 0.579. The second-order valence-electron chi connectivity index (χ2n) is 5.60. The second-order valence-corrected chi connectivity index (χ2v) is 5.60. The zero-order chi connectivity index (χ0) is 12.2. The first-order valence-electron chi connectivity index (χ1n) is 5.85. The maximum absolute atomic E-state index is 10.3. The highest BCUT2D eigenvalue weighted by Gasteiger charge is 2.29. The highest BCUT2D eigenvalue weighted by Crippen LogP contribution is 2.41. The van der Waals surface area contributed by atoms with E-state index >= 15 is 0 Å². The van der Waals surface area contributed by atoms with Gasteiger partial charge >= 0.3 is 5.97 Å². The van der Waals surface area contributed by atoms with Crippen LogP contribution in [0.4, 0.5) is 0 Å². The Kier molecular flexibility index (Phi) is 4.54. The first-order valence-corrected chi connectivity index (χ1v) is 5.85. The molecule has 0 saturated heterocycles. The molecule has 0 heterocycles. The molecule has 0 aromatic rings. The van der Waals surface area contributed by atoms with Crippen LogP contribution in [0.25, 0.3) is 0 Å². The second kappa shape index (κ2) is 5.48. The standard InChI is InChI=1S/C13H22O3/c1-10-6-11(8-13(2,3)7-10)4-5-16-9-12(14)15/h11H,1,4-9H2,2-3H3,(H,14,15). The molecule has 0 radical (unpaired) electrons. The molecular weight excluding hydrogens is 204 g/mol. The Morgan fingerprint density at radius 2 is 2.31 bits per heavy atom. The fourth-order valence-corrected chi connectivity index (χ4v) is 2.70. The van der Waals surface area contributed by atoms with Crippen molar-refractivity contribution in [2.45, 2.75) is 39.5 Å². The lowest BCUT2D eigenvalue weighted by molar-refractivity contribution is -0.142. The van der Waals surface area contributed by atoms with Gasteiger partial charge in [-0.25, -0.2) is 4.79 Å². The Labute approximate surface area is 97.5 Å². The Morgan fingerprint density at radius 3 is 2.88 bits per heavy atom. The molecule has 0 bridgehead atoms. The van der Waals surface area contributed by atoms with Crippen molar-refractivity contribution in [2.75, 3.05) is 13.2 Å². The summed E-state index contributed by atoms with van der Waals surface area (Å²) in [6.45, 7) is 8.97. The summed E-state index contributed by atoms with van der Waals surface area (Å²) in [7, 11) is 0. The highest BCUT2D eigenvalue weighted by atomic mass is 16.5. The summed E-state index contributed by atoms with van der Waals surface area (Å²) in [4.78, 5) is 10.3. The average molecular weight is 226 g/mol. The van der Waals surface area contributed by atoms with Crippen LogP contribution in [-0.2, 0) is 9.53 Å². The summed E-state index contributed by atoms with van der Waals surface area (Å²) in [6, 6.07) is 0. The van der Waals surface area contributed by atoms with Crippen LogP contribution < -0.4 is 0 Å². The summed E-state index contributed by atoms with van der Waals surface area (Å²) >= 11 is 0. The summed E-state index contributed by atoms with van der Waals surface area (Å²) in [6.07, 6.45) is 4.30. The van der Waals surface area contributed by atoms with Gasteiger partial charge in [-0.2, -0.15) is 0 Å². The molecule has 3 nitrogen and oxygen atoms in total.